The topological polar surface area (TPSA) is 70.9 Å². The van der Waals surface area contributed by atoms with E-state index in [-0.39, 0.29) is 12.5 Å². The van der Waals surface area contributed by atoms with Gasteiger partial charge in [0, 0.05) is 11.3 Å². The number of oxime groups is 1. The Morgan fingerprint density at radius 1 is 1.27 bits per heavy atom. The molecular formula is C17H18N2O3. The van der Waals surface area contributed by atoms with Gasteiger partial charge in [-0.05, 0) is 43.2 Å². The summed E-state index contributed by atoms with van der Waals surface area (Å²) in [5.74, 6) is 0.237. The molecule has 2 N–H and O–H groups in total. The van der Waals surface area contributed by atoms with Crippen molar-refractivity contribution in [2.75, 3.05) is 11.9 Å². The molecule has 0 fully saturated rings. The van der Waals surface area contributed by atoms with Crippen LogP contribution in [-0.4, -0.2) is 23.9 Å². The largest absolute Gasteiger partial charge is 0.483 e. The molecule has 0 spiro atoms. The molecule has 22 heavy (non-hydrogen) atoms. The second kappa shape index (κ2) is 7.26. The highest BCUT2D eigenvalue weighted by Gasteiger charge is 2.08. The highest BCUT2D eigenvalue weighted by Crippen LogP contribution is 2.18. The average Bonchev–Trinajstić information content (AvgIpc) is 2.50. The Bertz CT molecular complexity index is 696. The molecule has 0 saturated heterocycles. The highest BCUT2D eigenvalue weighted by molar-refractivity contribution is 5.93. The monoisotopic (exact) mass is 298 g/mol. The zero-order valence-electron chi connectivity index (χ0n) is 12.5. The van der Waals surface area contributed by atoms with Crippen LogP contribution in [0.3, 0.4) is 0 Å². The summed E-state index contributed by atoms with van der Waals surface area (Å²) in [7, 11) is 0. The molecule has 0 radical (unpaired) electrons. The molecule has 0 unspecified atom stereocenters. The van der Waals surface area contributed by atoms with Gasteiger partial charge in [0.2, 0.25) is 0 Å². The zero-order valence-corrected chi connectivity index (χ0v) is 12.5. The van der Waals surface area contributed by atoms with Crippen LogP contribution >= 0.6 is 0 Å². The first-order valence-corrected chi connectivity index (χ1v) is 6.86. The van der Waals surface area contributed by atoms with Crippen LogP contribution in [0.4, 0.5) is 5.69 Å². The molecular weight excluding hydrogens is 280 g/mol. The Kier molecular flexibility index (Phi) is 5.14. The second-order valence-electron chi connectivity index (χ2n) is 4.94. The van der Waals surface area contributed by atoms with Crippen molar-refractivity contribution in [1.82, 2.24) is 0 Å². The predicted octanol–water partition coefficient (Wildman–Crippen LogP) is 3.13. The Labute approximate surface area is 129 Å². The third kappa shape index (κ3) is 4.09. The Morgan fingerprint density at radius 3 is 2.82 bits per heavy atom. The number of benzene rings is 2. The van der Waals surface area contributed by atoms with Crippen LogP contribution in [0.5, 0.6) is 5.75 Å². The second-order valence-corrected chi connectivity index (χ2v) is 4.94. The van der Waals surface area contributed by atoms with Crippen LogP contribution in [-0.2, 0) is 4.79 Å². The summed E-state index contributed by atoms with van der Waals surface area (Å²) in [5.41, 5.74) is 3.45. The van der Waals surface area contributed by atoms with E-state index in [0.29, 0.717) is 11.3 Å². The van der Waals surface area contributed by atoms with Crippen LogP contribution < -0.4 is 10.1 Å². The minimum absolute atomic E-state index is 0.121. The molecule has 0 aliphatic heterocycles. The van der Waals surface area contributed by atoms with Gasteiger partial charge >= 0.3 is 0 Å². The van der Waals surface area contributed by atoms with Gasteiger partial charge in [-0.25, -0.2) is 0 Å². The summed E-state index contributed by atoms with van der Waals surface area (Å²) >= 11 is 0. The quantitative estimate of drug-likeness (QED) is 0.506. The number of amides is 1. The van der Waals surface area contributed by atoms with Crippen molar-refractivity contribution in [3.05, 3.63) is 59.2 Å². The number of ether oxygens (including phenoxy) is 1. The predicted molar refractivity (Wildman–Crippen MR) is 85.9 cm³/mol. The van der Waals surface area contributed by atoms with Crippen molar-refractivity contribution in [2.24, 2.45) is 5.16 Å². The number of anilines is 1. The number of para-hydroxylation sites is 1. The maximum atomic E-state index is 12.0. The van der Waals surface area contributed by atoms with Crippen molar-refractivity contribution in [1.29, 1.82) is 0 Å². The zero-order chi connectivity index (χ0) is 15.9. The number of rotatable bonds is 5. The minimum atomic E-state index is -0.246. The highest BCUT2D eigenvalue weighted by atomic mass is 16.5. The number of aryl methyl sites for hydroxylation is 2. The summed E-state index contributed by atoms with van der Waals surface area (Å²) in [5, 5.41) is 14.4. The fourth-order valence-electron chi connectivity index (χ4n) is 1.98. The van der Waals surface area contributed by atoms with Crippen molar-refractivity contribution in [3.8, 4) is 5.75 Å². The third-order valence-corrected chi connectivity index (χ3v) is 3.14. The third-order valence-electron chi connectivity index (χ3n) is 3.14. The van der Waals surface area contributed by atoms with Crippen LogP contribution in [0.2, 0.25) is 0 Å². The number of nitrogens with zero attached hydrogens (tertiary/aromatic N) is 1. The van der Waals surface area contributed by atoms with E-state index in [9.17, 15) is 4.79 Å². The van der Waals surface area contributed by atoms with Gasteiger partial charge < -0.3 is 15.3 Å². The van der Waals surface area contributed by atoms with E-state index >= 15 is 0 Å². The smallest absolute Gasteiger partial charge is 0.262 e. The lowest BCUT2D eigenvalue weighted by molar-refractivity contribution is -0.118. The Balaban J connectivity index is 2.00. The molecule has 0 aliphatic rings. The first-order valence-electron chi connectivity index (χ1n) is 6.86. The number of carbonyl (C=O) groups excluding carboxylic acids is 1. The van der Waals surface area contributed by atoms with E-state index in [1.165, 1.54) is 6.21 Å². The Morgan fingerprint density at radius 2 is 2.05 bits per heavy atom. The molecule has 5 nitrogen and oxygen atoms in total. The molecule has 5 heteroatoms. The van der Waals surface area contributed by atoms with Crippen LogP contribution in [0.1, 0.15) is 16.7 Å². The van der Waals surface area contributed by atoms with Gasteiger partial charge in [0.25, 0.3) is 5.91 Å². The number of hydrogen-bond donors (Lipinski definition) is 2. The molecule has 2 aromatic carbocycles. The first-order chi connectivity index (χ1) is 10.6. The maximum absolute atomic E-state index is 12.0. The lowest BCUT2D eigenvalue weighted by Crippen LogP contribution is -2.21. The van der Waals surface area contributed by atoms with Gasteiger partial charge in [0.15, 0.2) is 6.61 Å². The summed E-state index contributed by atoms with van der Waals surface area (Å²) in [6.45, 7) is 3.78. The number of nitrogens with one attached hydrogen (secondary N) is 1. The minimum Gasteiger partial charge on any atom is -0.483 e. The molecule has 0 aliphatic carbocycles. The summed E-state index contributed by atoms with van der Waals surface area (Å²) in [6, 6.07) is 12.9. The van der Waals surface area contributed by atoms with Crippen LogP contribution in [0.15, 0.2) is 47.6 Å². The summed E-state index contributed by atoms with van der Waals surface area (Å²) in [4.78, 5) is 12.0. The van der Waals surface area contributed by atoms with Crippen molar-refractivity contribution < 1.29 is 14.7 Å². The van der Waals surface area contributed by atoms with E-state index in [1.807, 2.05) is 32.0 Å². The molecule has 0 bridgehead atoms. The molecule has 0 aromatic heterocycles. The van der Waals surface area contributed by atoms with Gasteiger partial charge in [-0.2, -0.15) is 0 Å². The normalized spacial score (nSPS) is 10.6. The molecule has 0 atom stereocenters. The van der Waals surface area contributed by atoms with E-state index in [4.69, 9.17) is 9.94 Å². The maximum Gasteiger partial charge on any atom is 0.262 e. The lowest BCUT2D eigenvalue weighted by atomic mass is 10.1. The van der Waals surface area contributed by atoms with E-state index in [2.05, 4.69) is 10.5 Å². The molecule has 0 heterocycles. The summed E-state index contributed by atoms with van der Waals surface area (Å²) < 4.78 is 5.48. The van der Waals surface area contributed by atoms with Crippen molar-refractivity contribution >= 4 is 17.8 Å². The SMILES string of the molecule is Cc1ccc(C)c(NC(=O)COc2ccccc2/C=N/O)c1. The molecule has 114 valence electrons. The van der Waals surface area contributed by atoms with Crippen molar-refractivity contribution in [2.45, 2.75) is 13.8 Å². The van der Waals surface area contributed by atoms with E-state index in [1.54, 1.807) is 24.3 Å². The van der Waals surface area contributed by atoms with Gasteiger partial charge in [0.05, 0.1) is 6.21 Å². The van der Waals surface area contributed by atoms with E-state index < -0.39 is 0 Å². The molecule has 1 amide bonds. The van der Waals surface area contributed by atoms with Gasteiger partial charge in [-0.1, -0.05) is 29.4 Å². The average molecular weight is 298 g/mol. The standard InChI is InChI=1S/C17H18N2O3/c1-12-7-8-13(2)15(9-12)19-17(20)11-22-16-6-4-3-5-14(16)10-18-21/h3-10,21H,11H2,1-2H3,(H,19,20)/b18-10+. The van der Waals surface area contributed by atoms with Crippen molar-refractivity contribution in [3.63, 3.8) is 0 Å². The molecule has 2 aromatic rings. The summed E-state index contributed by atoms with van der Waals surface area (Å²) in [6.07, 6.45) is 1.26. The first kappa shape index (κ1) is 15.6. The van der Waals surface area contributed by atoms with Gasteiger partial charge in [-0.15, -0.1) is 0 Å². The lowest BCUT2D eigenvalue weighted by Gasteiger charge is -2.11. The van der Waals surface area contributed by atoms with Crippen LogP contribution in [0.25, 0.3) is 0 Å². The number of hydrogen-bond acceptors (Lipinski definition) is 4. The number of carbonyl (C=O) groups is 1. The Hall–Kier alpha value is -2.82. The van der Waals surface area contributed by atoms with Crippen LogP contribution in [0, 0.1) is 13.8 Å². The van der Waals surface area contributed by atoms with Gasteiger partial charge in [-0.3, -0.25) is 4.79 Å². The van der Waals surface area contributed by atoms with Gasteiger partial charge in [0.1, 0.15) is 5.75 Å². The fourth-order valence-corrected chi connectivity index (χ4v) is 1.98. The fraction of sp³-hybridized carbons (Fsp3) is 0.176. The molecule has 2 rings (SSSR count). The molecule has 0 saturated carbocycles. The van der Waals surface area contributed by atoms with E-state index in [0.717, 1.165) is 16.8 Å².